The molecule has 0 spiro atoms. The Bertz CT molecular complexity index is 859. The molecule has 154 valence electrons. The lowest BCUT2D eigenvalue weighted by molar-refractivity contribution is -0.136. The zero-order chi connectivity index (χ0) is 20.2. The van der Waals surface area contributed by atoms with E-state index in [1.54, 1.807) is 22.4 Å². The quantitative estimate of drug-likeness (QED) is 0.754. The van der Waals surface area contributed by atoms with Gasteiger partial charge in [0.15, 0.2) is 0 Å². The molecule has 4 rings (SSSR count). The Morgan fingerprint density at radius 1 is 1.00 bits per heavy atom. The number of thiazole rings is 1. The highest BCUT2D eigenvalue weighted by Gasteiger charge is 2.26. The second-order valence-electron chi connectivity index (χ2n) is 7.11. The zero-order valence-corrected chi connectivity index (χ0v) is 16.9. The van der Waals surface area contributed by atoms with Crippen molar-refractivity contribution in [2.24, 2.45) is 0 Å². The summed E-state index contributed by atoms with van der Waals surface area (Å²) in [6.07, 6.45) is 0. The van der Waals surface area contributed by atoms with Crippen LogP contribution in [0.2, 0.25) is 0 Å². The van der Waals surface area contributed by atoms with Crippen LogP contribution < -0.4 is 0 Å². The van der Waals surface area contributed by atoms with Crippen LogP contribution in [0.4, 0.5) is 4.39 Å². The van der Waals surface area contributed by atoms with Crippen LogP contribution in [0.15, 0.2) is 29.6 Å². The van der Waals surface area contributed by atoms with Gasteiger partial charge in [0.1, 0.15) is 16.5 Å². The van der Waals surface area contributed by atoms with E-state index in [4.69, 9.17) is 4.74 Å². The number of ether oxygens (including phenoxy) is 1. The number of morpholine rings is 1. The molecule has 29 heavy (non-hydrogen) atoms. The average Bonchev–Trinajstić information content (AvgIpc) is 3.25. The first-order chi connectivity index (χ1) is 14.1. The van der Waals surface area contributed by atoms with Gasteiger partial charge in [0.05, 0.1) is 19.8 Å². The summed E-state index contributed by atoms with van der Waals surface area (Å²) in [5, 5.41) is 2.44. The number of amides is 2. The van der Waals surface area contributed by atoms with Crippen LogP contribution in [0.25, 0.3) is 10.6 Å². The third-order valence-corrected chi connectivity index (χ3v) is 6.09. The molecular formula is C20H23FN4O3S. The van der Waals surface area contributed by atoms with Gasteiger partial charge < -0.3 is 14.5 Å². The number of hydrogen-bond donors (Lipinski definition) is 0. The van der Waals surface area contributed by atoms with E-state index in [9.17, 15) is 14.0 Å². The Morgan fingerprint density at radius 3 is 2.38 bits per heavy atom. The van der Waals surface area contributed by atoms with Crippen LogP contribution in [-0.4, -0.2) is 90.5 Å². The van der Waals surface area contributed by atoms with Crippen molar-refractivity contribution >= 4 is 23.2 Å². The van der Waals surface area contributed by atoms with Gasteiger partial charge in [-0.05, 0) is 24.3 Å². The number of benzene rings is 1. The number of rotatable bonds is 4. The summed E-state index contributed by atoms with van der Waals surface area (Å²) >= 11 is 1.37. The predicted molar refractivity (Wildman–Crippen MR) is 107 cm³/mol. The lowest BCUT2D eigenvalue weighted by Gasteiger charge is -2.35. The van der Waals surface area contributed by atoms with E-state index in [2.05, 4.69) is 9.88 Å². The van der Waals surface area contributed by atoms with Crippen molar-refractivity contribution < 1.29 is 18.7 Å². The van der Waals surface area contributed by atoms with Crippen molar-refractivity contribution in [3.05, 3.63) is 41.2 Å². The normalized spacial score (nSPS) is 18.1. The molecule has 2 saturated heterocycles. The molecule has 9 heteroatoms. The second kappa shape index (κ2) is 8.98. The molecular weight excluding hydrogens is 395 g/mol. The van der Waals surface area contributed by atoms with Gasteiger partial charge >= 0.3 is 0 Å². The van der Waals surface area contributed by atoms with E-state index in [0.29, 0.717) is 69.7 Å². The molecule has 0 unspecified atom stereocenters. The third-order valence-electron chi connectivity index (χ3n) is 5.20. The lowest BCUT2D eigenvalue weighted by Crippen LogP contribution is -2.52. The molecule has 7 nitrogen and oxygen atoms in total. The van der Waals surface area contributed by atoms with Crippen molar-refractivity contribution in [3.63, 3.8) is 0 Å². The molecule has 2 aliphatic heterocycles. The average molecular weight is 418 g/mol. The molecule has 0 atom stereocenters. The fraction of sp³-hybridized carbons (Fsp3) is 0.450. The van der Waals surface area contributed by atoms with Gasteiger partial charge in [-0.3, -0.25) is 14.5 Å². The molecule has 2 amide bonds. The monoisotopic (exact) mass is 418 g/mol. The smallest absolute Gasteiger partial charge is 0.273 e. The molecule has 1 aromatic carbocycles. The first-order valence-corrected chi connectivity index (χ1v) is 10.6. The largest absolute Gasteiger partial charge is 0.378 e. The van der Waals surface area contributed by atoms with Gasteiger partial charge in [0.2, 0.25) is 5.91 Å². The number of carbonyl (C=O) groups excluding carboxylic acids is 2. The summed E-state index contributed by atoms with van der Waals surface area (Å²) in [6.45, 7) is 5.34. The minimum absolute atomic E-state index is 0.103. The zero-order valence-electron chi connectivity index (χ0n) is 16.1. The van der Waals surface area contributed by atoms with Crippen LogP contribution in [0.5, 0.6) is 0 Å². The standard InChI is InChI=1S/C20H23FN4O3S/c21-16-3-1-15(2-4-16)19-22-17(14-29-19)20(27)25-7-5-23(6-8-25)13-18(26)24-9-11-28-12-10-24/h1-4,14H,5-13H2. The molecule has 2 aromatic rings. The second-order valence-corrected chi connectivity index (χ2v) is 7.96. The summed E-state index contributed by atoms with van der Waals surface area (Å²) in [4.78, 5) is 35.3. The number of hydrogen-bond acceptors (Lipinski definition) is 6. The Labute approximate surface area is 172 Å². The highest BCUT2D eigenvalue weighted by atomic mass is 32.1. The molecule has 0 saturated carbocycles. The highest BCUT2D eigenvalue weighted by Crippen LogP contribution is 2.24. The molecule has 3 heterocycles. The van der Waals surface area contributed by atoms with E-state index >= 15 is 0 Å². The SMILES string of the molecule is O=C(CN1CCN(C(=O)c2csc(-c3ccc(F)cc3)n2)CC1)N1CCOCC1. The van der Waals surface area contributed by atoms with Crippen molar-refractivity contribution in [1.82, 2.24) is 19.7 Å². The van der Waals surface area contributed by atoms with Crippen LogP contribution >= 0.6 is 11.3 Å². The fourth-order valence-electron chi connectivity index (χ4n) is 3.47. The maximum absolute atomic E-state index is 13.1. The van der Waals surface area contributed by atoms with Crippen molar-refractivity contribution in [2.45, 2.75) is 0 Å². The number of nitrogens with zero attached hydrogens (tertiary/aromatic N) is 4. The Balaban J connectivity index is 1.30. The predicted octanol–water partition coefficient (Wildman–Crippen LogP) is 1.57. The van der Waals surface area contributed by atoms with E-state index in [1.807, 2.05) is 4.90 Å². The Morgan fingerprint density at radius 2 is 1.69 bits per heavy atom. The number of halogens is 1. The maximum atomic E-state index is 13.1. The van der Waals surface area contributed by atoms with Gasteiger partial charge in [0, 0.05) is 50.2 Å². The van der Waals surface area contributed by atoms with Gasteiger partial charge in [-0.2, -0.15) is 0 Å². The van der Waals surface area contributed by atoms with Crippen LogP contribution in [0, 0.1) is 5.82 Å². The van der Waals surface area contributed by atoms with Crippen molar-refractivity contribution in [1.29, 1.82) is 0 Å². The van der Waals surface area contributed by atoms with Crippen molar-refractivity contribution in [3.8, 4) is 10.6 Å². The van der Waals surface area contributed by atoms with E-state index in [0.717, 1.165) is 5.56 Å². The fourth-order valence-corrected chi connectivity index (χ4v) is 4.27. The molecule has 0 bridgehead atoms. The molecule has 0 radical (unpaired) electrons. The minimum atomic E-state index is -0.299. The summed E-state index contributed by atoms with van der Waals surface area (Å²) in [5.41, 5.74) is 1.20. The summed E-state index contributed by atoms with van der Waals surface area (Å²) in [7, 11) is 0. The van der Waals surface area contributed by atoms with Gasteiger partial charge in [-0.25, -0.2) is 9.37 Å². The van der Waals surface area contributed by atoms with Crippen LogP contribution in [0.3, 0.4) is 0 Å². The molecule has 0 N–H and O–H groups in total. The Hall–Kier alpha value is -2.36. The molecule has 2 aliphatic rings. The summed E-state index contributed by atoms with van der Waals surface area (Å²) < 4.78 is 18.4. The summed E-state index contributed by atoms with van der Waals surface area (Å²) in [6, 6.07) is 6.09. The van der Waals surface area contributed by atoms with Gasteiger partial charge in [-0.15, -0.1) is 11.3 Å². The van der Waals surface area contributed by atoms with Gasteiger partial charge in [-0.1, -0.05) is 0 Å². The molecule has 0 aliphatic carbocycles. The van der Waals surface area contributed by atoms with Gasteiger partial charge in [0.25, 0.3) is 5.91 Å². The first-order valence-electron chi connectivity index (χ1n) is 9.69. The summed E-state index contributed by atoms with van der Waals surface area (Å²) in [5.74, 6) is -0.281. The topological polar surface area (TPSA) is 66.0 Å². The highest BCUT2D eigenvalue weighted by molar-refractivity contribution is 7.13. The maximum Gasteiger partial charge on any atom is 0.273 e. The Kier molecular flexibility index (Phi) is 6.17. The third kappa shape index (κ3) is 4.80. The first kappa shape index (κ1) is 19.9. The van der Waals surface area contributed by atoms with Crippen LogP contribution in [0.1, 0.15) is 10.5 Å². The minimum Gasteiger partial charge on any atom is -0.378 e. The molecule has 2 fully saturated rings. The lowest BCUT2D eigenvalue weighted by atomic mass is 10.2. The number of aromatic nitrogens is 1. The van der Waals surface area contributed by atoms with E-state index in [1.165, 1.54) is 23.5 Å². The van der Waals surface area contributed by atoms with E-state index in [-0.39, 0.29) is 17.6 Å². The van der Waals surface area contributed by atoms with Crippen LogP contribution in [-0.2, 0) is 9.53 Å². The number of carbonyl (C=O) groups is 2. The molecule has 1 aromatic heterocycles. The number of piperazine rings is 1. The van der Waals surface area contributed by atoms with Crippen molar-refractivity contribution in [2.75, 3.05) is 59.0 Å². The van der Waals surface area contributed by atoms with E-state index < -0.39 is 0 Å².